The van der Waals surface area contributed by atoms with Gasteiger partial charge in [0.2, 0.25) is 0 Å². The average molecular weight is 292 g/mol. The highest BCUT2D eigenvalue weighted by Gasteiger charge is 2.60. The second-order valence-corrected chi connectivity index (χ2v) is 6.90. The molecule has 0 spiro atoms. The van der Waals surface area contributed by atoms with Gasteiger partial charge in [-0.1, -0.05) is 19.9 Å². The van der Waals surface area contributed by atoms with Gasteiger partial charge in [0.1, 0.15) is 11.7 Å². The summed E-state index contributed by atoms with van der Waals surface area (Å²) in [4.78, 5) is 24.2. The summed E-state index contributed by atoms with van der Waals surface area (Å²) in [6, 6.07) is 0. The Bertz CT molecular complexity index is 471. The van der Waals surface area contributed by atoms with Crippen molar-refractivity contribution in [3.05, 3.63) is 12.7 Å². The van der Waals surface area contributed by atoms with Gasteiger partial charge < -0.3 is 9.47 Å². The second kappa shape index (κ2) is 5.15. The molecule has 4 nitrogen and oxygen atoms in total. The first-order chi connectivity index (χ1) is 10.00. The van der Waals surface area contributed by atoms with Crippen LogP contribution in [0, 0.1) is 23.7 Å². The molecule has 0 aromatic heterocycles. The van der Waals surface area contributed by atoms with Crippen LogP contribution in [-0.4, -0.2) is 23.6 Å². The Hall–Kier alpha value is -1.32. The lowest BCUT2D eigenvalue weighted by atomic mass is 9.72. The molecule has 0 aromatic carbocycles. The highest BCUT2D eigenvalue weighted by atomic mass is 16.6. The number of fused-ring (bicyclic) bond motifs is 5. The molecular formula is C17H24O4. The Kier molecular flexibility index (Phi) is 3.58. The molecule has 0 N–H and O–H groups in total. The Morgan fingerprint density at radius 1 is 1.43 bits per heavy atom. The van der Waals surface area contributed by atoms with Crippen molar-refractivity contribution in [3.8, 4) is 0 Å². The van der Waals surface area contributed by atoms with E-state index in [4.69, 9.17) is 9.47 Å². The zero-order valence-corrected chi connectivity index (χ0v) is 12.8. The van der Waals surface area contributed by atoms with Gasteiger partial charge in [-0.2, -0.15) is 0 Å². The van der Waals surface area contributed by atoms with Crippen LogP contribution >= 0.6 is 0 Å². The standard InChI is InChI=1S/C17H24O4/c1-4-14(18)21-17(3,5-2)15-12-9-13(20-16(15)19)11-8-6-7-10(11)12/h4,10-13,15H,1,5-9H2,2-3H3. The molecule has 2 bridgehead atoms. The summed E-state index contributed by atoms with van der Waals surface area (Å²) in [5.74, 6) is 0.407. The molecule has 21 heavy (non-hydrogen) atoms. The lowest BCUT2D eigenvalue weighted by molar-refractivity contribution is -0.185. The smallest absolute Gasteiger partial charge is 0.330 e. The number of hydrogen-bond acceptors (Lipinski definition) is 4. The summed E-state index contributed by atoms with van der Waals surface area (Å²) >= 11 is 0. The molecule has 0 aromatic rings. The Morgan fingerprint density at radius 2 is 2.14 bits per heavy atom. The van der Waals surface area contributed by atoms with Gasteiger partial charge in [0.05, 0.1) is 5.92 Å². The largest absolute Gasteiger partial charge is 0.462 e. The van der Waals surface area contributed by atoms with E-state index in [1.807, 2.05) is 13.8 Å². The molecule has 0 amide bonds. The van der Waals surface area contributed by atoms with Crippen molar-refractivity contribution >= 4 is 11.9 Å². The zero-order valence-electron chi connectivity index (χ0n) is 12.8. The highest BCUT2D eigenvalue weighted by molar-refractivity contribution is 5.83. The summed E-state index contributed by atoms with van der Waals surface area (Å²) in [6.45, 7) is 7.27. The fourth-order valence-electron chi connectivity index (χ4n) is 4.87. The third kappa shape index (κ3) is 2.19. The predicted octanol–water partition coefficient (Wildman–Crippen LogP) is 2.86. The summed E-state index contributed by atoms with van der Waals surface area (Å²) in [7, 11) is 0. The molecule has 0 radical (unpaired) electrons. The number of esters is 2. The van der Waals surface area contributed by atoms with Crippen LogP contribution in [0.4, 0.5) is 0 Å². The van der Waals surface area contributed by atoms with E-state index < -0.39 is 11.6 Å². The first kappa shape index (κ1) is 14.6. The van der Waals surface area contributed by atoms with Gasteiger partial charge in [-0.25, -0.2) is 4.79 Å². The third-order valence-electron chi connectivity index (χ3n) is 5.97. The third-order valence-corrected chi connectivity index (χ3v) is 5.97. The minimum absolute atomic E-state index is 0.0995. The van der Waals surface area contributed by atoms with Crippen molar-refractivity contribution in [2.75, 3.05) is 0 Å². The SMILES string of the molecule is C=CC(=O)OC(C)(CC)C1C(=O)OC2CC1C1CCCC21. The average Bonchev–Trinajstić information content (AvgIpc) is 3.03. The van der Waals surface area contributed by atoms with Crippen LogP contribution < -0.4 is 0 Å². The molecule has 1 heterocycles. The fourth-order valence-corrected chi connectivity index (χ4v) is 4.87. The number of rotatable bonds is 4. The molecule has 4 heteroatoms. The van der Waals surface area contributed by atoms with Gasteiger partial charge in [-0.05, 0) is 50.4 Å². The molecule has 1 aliphatic heterocycles. The van der Waals surface area contributed by atoms with E-state index in [1.54, 1.807) is 0 Å². The van der Waals surface area contributed by atoms with E-state index >= 15 is 0 Å². The van der Waals surface area contributed by atoms with Gasteiger partial charge >= 0.3 is 11.9 Å². The maximum Gasteiger partial charge on any atom is 0.330 e. The first-order valence-electron chi connectivity index (χ1n) is 8.06. The van der Waals surface area contributed by atoms with E-state index in [1.165, 1.54) is 19.3 Å². The summed E-state index contributed by atoms with van der Waals surface area (Å²) < 4.78 is 11.3. The first-order valence-corrected chi connectivity index (χ1v) is 8.06. The predicted molar refractivity (Wildman–Crippen MR) is 77.3 cm³/mol. The van der Waals surface area contributed by atoms with Crippen LogP contribution in [0.25, 0.3) is 0 Å². The summed E-state index contributed by atoms with van der Waals surface area (Å²) in [6.07, 6.45) is 6.37. The van der Waals surface area contributed by atoms with Crippen LogP contribution in [0.3, 0.4) is 0 Å². The minimum Gasteiger partial charge on any atom is -0.462 e. The maximum atomic E-state index is 12.5. The van der Waals surface area contributed by atoms with Gasteiger partial charge in [0.15, 0.2) is 0 Å². The number of ether oxygens (including phenoxy) is 2. The van der Waals surface area contributed by atoms with Gasteiger partial charge in [0.25, 0.3) is 0 Å². The van der Waals surface area contributed by atoms with Gasteiger partial charge in [0, 0.05) is 6.08 Å². The Labute approximate surface area is 125 Å². The molecule has 2 saturated carbocycles. The van der Waals surface area contributed by atoms with Crippen LogP contribution in [0.1, 0.15) is 46.0 Å². The quantitative estimate of drug-likeness (QED) is 0.590. The monoisotopic (exact) mass is 292 g/mol. The van der Waals surface area contributed by atoms with Crippen molar-refractivity contribution in [3.63, 3.8) is 0 Å². The van der Waals surface area contributed by atoms with Crippen molar-refractivity contribution in [2.24, 2.45) is 23.7 Å². The zero-order chi connectivity index (χ0) is 15.2. The normalized spacial score (nSPS) is 40.1. The summed E-state index contributed by atoms with van der Waals surface area (Å²) in [5.41, 5.74) is -0.796. The molecule has 3 aliphatic rings. The van der Waals surface area contributed by atoms with Crippen molar-refractivity contribution in [2.45, 2.75) is 57.7 Å². The van der Waals surface area contributed by atoms with Crippen LogP contribution in [0.2, 0.25) is 0 Å². The topological polar surface area (TPSA) is 52.6 Å². The maximum absolute atomic E-state index is 12.5. The summed E-state index contributed by atoms with van der Waals surface area (Å²) in [5, 5.41) is 0. The minimum atomic E-state index is -0.796. The molecule has 6 atom stereocenters. The van der Waals surface area contributed by atoms with Gasteiger partial charge in [-0.15, -0.1) is 0 Å². The molecule has 6 unspecified atom stereocenters. The van der Waals surface area contributed by atoms with Crippen molar-refractivity contribution in [1.29, 1.82) is 0 Å². The van der Waals surface area contributed by atoms with E-state index in [0.717, 1.165) is 12.5 Å². The van der Waals surface area contributed by atoms with Crippen LogP contribution in [0.15, 0.2) is 12.7 Å². The van der Waals surface area contributed by atoms with Crippen molar-refractivity contribution in [1.82, 2.24) is 0 Å². The fraction of sp³-hybridized carbons (Fsp3) is 0.765. The number of hydrogen-bond donors (Lipinski definition) is 0. The molecule has 1 saturated heterocycles. The molecular weight excluding hydrogens is 268 g/mol. The van der Waals surface area contributed by atoms with Crippen LogP contribution in [0.5, 0.6) is 0 Å². The van der Waals surface area contributed by atoms with E-state index in [9.17, 15) is 9.59 Å². The number of carbonyl (C=O) groups excluding carboxylic acids is 2. The highest BCUT2D eigenvalue weighted by Crippen LogP contribution is 2.57. The van der Waals surface area contributed by atoms with E-state index in [0.29, 0.717) is 24.2 Å². The van der Waals surface area contributed by atoms with E-state index in [2.05, 4.69) is 6.58 Å². The van der Waals surface area contributed by atoms with Gasteiger partial charge in [-0.3, -0.25) is 4.79 Å². The molecule has 116 valence electrons. The van der Waals surface area contributed by atoms with Crippen LogP contribution in [-0.2, 0) is 19.1 Å². The Morgan fingerprint density at radius 3 is 2.81 bits per heavy atom. The lowest BCUT2D eigenvalue weighted by Gasteiger charge is -2.41. The molecule has 2 aliphatic carbocycles. The second-order valence-electron chi connectivity index (χ2n) is 6.90. The molecule has 3 rings (SSSR count). The van der Waals surface area contributed by atoms with Crippen molar-refractivity contribution < 1.29 is 19.1 Å². The Balaban J connectivity index is 1.89. The molecule has 3 fully saturated rings. The number of carbonyl (C=O) groups is 2. The van der Waals surface area contributed by atoms with E-state index in [-0.39, 0.29) is 18.0 Å². The lowest BCUT2D eigenvalue weighted by Crippen LogP contribution is -2.50.